The number of carbonyl (C=O) groups is 2. The highest BCUT2D eigenvalue weighted by molar-refractivity contribution is 5.97. The molecule has 154 valence electrons. The Labute approximate surface area is 165 Å². The maximum Gasteiger partial charge on any atom is 0.433 e. The van der Waals surface area contributed by atoms with Gasteiger partial charge in [-0.05, 0) is 18.9 Å². The van der Waals surface area contributed by atoms with Gasteiger partial charge in [0.1, 0.15) is 6.10 Å². The van der Waals surface area contributed by atoms with Crippen LogP contribution in [-0.2, 0) is 11.0 Å². The number of carbonyl (C=O) groups excluding carboxylic acids is 2. The predicted octanol–water partition coefficient (Wildman–Crippen LogP) is 3.53. The number of halogens is 3. The number of ether oxygens (including phenoxy) is 1. The number of piperidine rings is 1. The summed E-state index contributed by atoms with van der Waals surface area (Å²) in [5, 5.41) is 0. The van der Waals surface area contributed by atoms with Crippen LogP contribution in [0.25, 0.3) is 0 Å². The standard InChI is InChI=1S/C20H20F3N3O3/c21-20(22,23)17-10-11-24-19(25-17)29-15-7-4-12-26(13-15)18(28)9-8-16(27)14-5-2-1-3-6-14/h1-3,5-6,10-11,15H,4,7-9,12-13H2. The van der Waals surface area contributed by atoms with Gasteiger partial charge in [0.2, 0.25) is 5.91 Å². The maximum atomic E-state index is 12.8. The van der Waals surface area contributed by atoms with Gasteiger partial charge in [-0.15, -0.1) is 0 Å². The number of nitrogens with zero attached hydrogens (tertiary/aromatic N) is 3. The Morgan fingerprint density at radius 2 is 1.90 bits per heavy atom. The summed E-state index contributed by atoms with van der Waals surface area (Å²) in [6, 6.07) is 9.14. The third-order valence-corrected chi connectivity index (χ3v) is 4.59. The van der Waals surface area contributed by atoms with Gasteiger partial charge in [0.25, 0.3) is 0 Å². The molecule has 2 heterocycles. The number of aromatic nitrogens is 2. The van der Waals surface area contributed by atoms with Crippen LogP contribution in [-0.4, -0.2) is 45.8 Å². The summed E-state index contributed by atoms with van der Waals surface area (Å²) in [4.78, 5) is 33.3. The molecule has 1 atom stereocenters. The summed E-state index contributed by atoms with van der Waals surface area (Å²) in [5.41, 5.74) is -0.521. The van der Waals surface area contributed by atoms with Crippen molar-refractivity contribution in [3.8, 4) is 6.01 Å². The summed E-state index contributed by atoms with van der Waals surface area (Å²) in [5.74, 6) is -0.298. The molecule has 1 saturated heterocycles. The van der Waals surface area contributed by atoms with Gasteiger partial charge in [0.05, 0.1) is 6.54 Å². The molecule has 0 bridgehead atoms. The summed E-state index contributed by atoms with van der Waals surface area (Å²) < 4.78 is 43.8. The van der Waals surface area contributed by atoms with Gasteiger partial charge in [0, 0.05) is 31.1 Å². The van der Waals surface area contributed by atoms with E-state index in [0.29, 0.717) is 24.9 Å². The van der Waals surface area contributed by atoms with Crippen molar-refractivity contribution in [3.63, 3.8) is 0 Å². The van der Waals surface area contributed by atoms with Gasteiger partial charge < -0.3 is 9.64 Å². The first-order valence-electron chi connectivity index (χ1n) is 9.26. The molecule has 3 rings (SSSR count). The Balaban J connectivity index is 1.53. The van der Waals surface area contributed by atoms with Crippen LogP contribution < -0.4 is 4.74 Å². The molecule has 1 unspecified atom stereocenters. The lowest BCUT2D eigenvalue weighted by Crippen LogP contribution is -2.44. The molecule has 0 N–H and O–H groups in total. The fraction of sp³-hybridized carbons (Fsp3) is 0.400. The van der Waals surface area contributed by atoms with Gasteiger partial charge in [-0.1, -0.05) is 30.3 Å². The Kier molecular flexibility index (Phi) is 6.46. The molecule has 0 radical (unpaired) electrons. The van der Waals surface area contributed by atoms with Crippen molar-refractivity contribution < 1.29 is 27.5 Å². The highest BCUT2D eigenvalue weighted by Crippen LogP contribution is 2.28. The van der Waals surface area contributed by atoms with E-state index in [9.17, 15) is 22.8 Å². The van der Waals surface area contributed by atoms with Crippen LogP contribution >= 0.6 is 0 Å². The molecule has 1 fully saturated rings. The molecule has 1 aromatic carbocycles. The number of alkyl halides is 3. The van der Waals surface area contributed by atoms with E-state index in [2.05, 4.69) is 9.97 Å². The van der Waals surface area contributed by atoms with E-state index in [1.165, 1.54) is 0 Å². The molecule has 1 aromatic heterocycles. The lowest BCUT2D eigenvalue weighted by molar-refractivity contribution is -0.141. The number of rotatable bonds is 6. The van der Waals surface area contributed by atoms with Gasteiger partial charge in [-0.2, -0.15) is 18.2 Å². The smallest absolute Gasteiger partial charge is 0.433 e. The van der Waals surface area contributed by atoms with Gasteiger partial charge in [-0.25, -0.2) is 4.98 Å². The fourth-order valence-electron chi connectivity index (χ4n) is 3.11. The zero-order chi connectivity index (χ0) is 20.9. The summed E-state index contributed by atoms with van der Waals surface area (Å²) in [6.45, 7) is 0.736. The average molecular weight is 407 g/mol. The van der Waals surface area contributed by atoms with Crippen molar-refractivity contribution >= 4 is 11.7 Å². The number of benzene rings is 1. The molecule has 1 aliphatic heterocycles. The summed E-state index contributed by atoms with van der Waals surface area (Å²) in [7, 11) is 0. The number of hydrogen-bond acceptors (Lipinski definition) is 5. The Hall–Kier alpha value is -2.97. The van der Waals surface area contributed by atoms with Gasteiger partial charge >= 0.3 is 12.2 Å². The van der Waals surface area contributed by atoms with Crippen molar-refractivity contribution in [2.45, 2.75) is 38.0 Å². The third-order valence-electron chi connectivity index (χ3n) is 4.59. The average Bonchev–Trinajstić information content (AvgIpc) is 2.72. The van der Waals surface area contributed by atoms with E-state index in [1.54, 1.807) is 29.2 Å². The number of likely N-dealkylation sites (tertiary alicyclic amines) is 1. The minimum Gasteiger partial charge on any atom is -0.458 e. The molecule has 2 aromatic rings. The van der Waals surface area contributed by atoms with Gasteiger partial charge in [-0.3, -0.25) is 9.59 Å². The lowest BCUT2D eigenvalue weighted by atomic mass is 10.0. The van der Waals surface area contributed by atoms with Crippen LogP contribution in [0.2, 0.25) is 0 Å². The van der Waals surface area contributed by atoms with Crippen LogP contribution in [0.15, 0.2) is 42.6 Å². The van der Waals surface area contributed by atoms with Crippen molar-refractivity contribution in [3.05, 3.63) is 53.9 Å². The van der Waals surface area contributed by atoms with Gasteiger partial charge in [0.15, 0.2) is 11.5 Å². The first kappa shape index (κ1) is 20.8. The third kappa shape index (κ3) is 5.75. The second kappa shape index (κ2) is 9.02. The minimum atomic E-state index is -4.58. The van der Waals surface area contributed by atoms with Crippen LogP contribution in [0, 0.1) is 0 Å². The molecular weight excluding hydrogens is 387 g/mol. The number of ketones is 1. The minimum absolute atomic E-state index is 0.0699. The van der Waals surface area contributed by atoms with E-state index in [4.69, 9.17) is 4.74 Å². The highest BCUT2D eigenvalue weighted by Gasteiger charge is 2.33. The molecule has 29 heavy (non-hydrogen) atoms. The highest BCUT2D eigenvalue weighted by atomic mass is 19.4. The normalized spacial score (nSPS) is 17.1. The molecule has 0 saturated carbocycles. The maximum absolute atomic E-state index is 12.8. The van der Waals surface area contributed by atoms with E-state index >= 15 is 0 Å². The number of hydrogen-bond donors (Lipinski definition) is 0. The summed E-state index contributed by atoms with van der Waals surface area (Å²) in [6.07, 6.45) is -2.70. The van der Waals surface area contributed by atoms with E-state index < -0.39 is 18.0 Å². The first-order valence-corrected chi connectivity index (χ1v) is 9.26. The second-order valence-corrected chi connectivity index (χ2v) is 6.73. The van der Waals surface area contributed by atoms with Crippen LogP contribution in [0.5, 0.6) is 6.01 Å². The van der Waals surface area contributed by atoms with E-state index in [1.807, 2.05) is 6.07 Å². The predicted molar refractivity (Wildman–Crippen MR) is 97.3 cm³/mol. The van der Waals surface area contributed by atoms with Crippen molar-refractivity contribution in [1.29, 1.82) is 0 Å². The second-order valence-electron chi connectivity index (χ2n) is 6.73. The van der Waals surface area contributed by atoms with Crippen LogP contribution in [0.1, 0.15) is 41.7 Å². The molecule has 0 spiro atoms. The largest absolute Gasteiger partial charge is 0.458 e. The molecule has 6 nitrogen and oxygen atoms in total. The van der Waals surface area contributed by atoms with E-state index in [0.717, 1.165) is 12.3 Å². The molecule has 1 aliphatic rings. The van der Waals surface area contributed by atoms with Crippen LogP contribution in [0.3, 0.4) is 0 Å². The Morgan fingerprint density at radius 1 is 1.14 bits per heavy atom. The zero-order valence-electron chi connectivity index (χ0n) is 15.6. The van der Waals surface area contributed by atoms with Crippen molar-refractivity contribution in [1.82, 2.24) is 14.9 Å². The van der Waals surface area contributed by atoms with Crippen molar-refractivity contribution in [2.75, 3.05) is 13.1 Å². The molecule has 1 amide bonds. The number of amides is 1. The van der Waals surface area contributed by atoms with E-state index in [-0.39, 0.29) is 37.1 Å². The monoisotopic (exact) mass is 407 g/mol. The fourth-order valence-corrected chi connectivity index (χ4v) is 3.11. The first-order chi connectivity index (χ1) is 13.8. The zero-order valence-corrected chi connectivity index (χ0v) is 15.6. The SMILES string of the molecule is O=C(CCC(=O)N1CCCC(Oc2nccc(C(F)(F)F)n2)C1)c1ccccc1. The molecule has 9 heteroatoms. The molecule has 0 aliphatic carbocycles. The van der Waals surface area contributed by atoms with Crippen molar-refractivity contribution in [2.24, 2.45) is 0 Å². The Bertz CT molecular complexity index is 859. The lowest BCUT2D eigenvalue weighted by Gasteiger charge is -2.32. The quantitative estimate of drug-likeness (QED) is 0.685. The Morgan fingerprint density at radius 3 is 2.62 bits per heavy atom. The summed E-state index contributed by atoms with van der Waals surface area (Å²) >= 11 is 0. The number of Topliss-reactive ketones (excluding diaryl/α,β-unsaturated/α-hetero) is 1. The topological polar surface area (TPSA) is 72.4 Å². The molecular formula is C20H20F3N3O3. The van der Waals surface area contributed by atoms with Crippen LogP contribution in [0.4, 0.5) is 13.2 Å².